The van der Waals surface area contributed by atoms with Crippen LogP contribution in [0.1, 0.15) is 17.1 Å². The molecule has 1 aliphatic heterocycles. The molecule has 0 unspecified atom stereocenters. The molecule has 1 fully saturated rings. The van der Waals surface area contributed by atoms with E-state index in [9.17, 15) is 10.1 Å². The number of ether oxygens (including phenoxy) is 3. The lowest BCUT2D eigenvalue weighted by molar-refractivity contribution is -0.133. The molecule has 9 heteroatoms. The molecule has 0 spiro atoms. The van der Waals surface area contributed by atoms with Gasteiger partial charge in [0, 0.05) is 32.3 Å². The number of benzene rings is 2. The normalized spacial score (nSPS) is 13.5. The van der Waals surface area contributed by atoms with Crippen LogP contribution in [0.15, 0.2) is 52.9 Å². The van der Waals surface area contributed by atoms with Crippen LogP contribution in [-0.2, 0) is 4.79 Å². The number of methoxy groups -OCH3 is 2. The van der Waals surface area contributed by atoms with Gasteiger partial charge in [-0.15, -0.1) is 0 Å². The van der Waals surface area contributed by atoms with Crippen molar-refractivity contribution in [3.8, 4) is 23.3 Å². The Morgan fingerprint density at radius 1 is 1.06 bits per heavy atom. The number of nitriles is 1. The van der Waals surface area contributed by atoms with E-state index in [1.54, 1.807) is 25.2 Å². The average Bonchev–Trinajstić information content (AvgIpc) is 3.34. The van der Waals surface area contributed by atoms with Gasteiger partial charge in [-0.05, 0) is 35.9 Å². The summed E-state index contributed by atoms with van der Waals surface area (Å²) in [5, 5.41) is 9.56. The number of carbonyl (C=O) groups excluding carboxylic acids is 1. The molecule has 35 heavy (non-hydrogen) atoms. The first-order valence-corrected chi connectivity index (χ1v) is 11.1. The first kappa shape index (κ1) is 23.7. The number of nitrogens with zero attached hydrogens (tertiary/aromatic N) is 4. The first-order valence-electron chi connectivity index (χ1n) is 11.1. The molecule has 0 N–H and O–H groups in total. The number of anilines is 1. The zero-order chi connectivity index (χ0) is 24.6. The highest BCUT2D eigenvalue weighted by Crippen LogP contribution is 2.29. The fourth-order valence-corrected chi connectivity index (χ4v) is 3.72. The highest BCUT2D eigenvalue weighted by molar-refractivity contribution is 5.78. The molecular weight excluding hydrogens is 448 g/mol. The molecule has 1 aromatic heterocycles. The van der Waals surface area contributed by atoms with Gasteiger partial charge in [-0.25, -0.2) is 0 Å². The lowest BCUT2D eigenvalue weighted by atomic mass is 10.2. The molecule has 1 saturated heterocycles. The summed E-state index contributed by atoms with van der Waals surface area (Å²) in [6.07, 6.45) is 3.52. The standard InChI is InChI=1S/C26H26N4O5/c1-32-22-10-8-19(16-23(22)33-2)9-11-24-28-21(17-27)26(35-24)30-14-12-29(13-15-30)25(31)18-34-20-6-4-3-5-7-20/h3-11,16H,12-15,18H2,1-2H3/b11-9+. The van der Waals surface area contributed by atoms with Gasteiger partial charge >= 0.3 is 0 Å². The summed E-state index contributed by atoms with van der Waals surface area (Å²) in [7, 11) is 3.16. The Morgan fingerprint density at radius 2 is 1.80 bits per heavy atom. The van der Waals surface area contributed by atoms with Crippen LogP contribution in [0.2, 0.25) is 0 Å². The molecular formula is C26H26N4O5. The van der Waals surface area contributed by atoms with Crippen LogP contribution in [-0.4, -0.2) is 62.8 Å². The summed E-state index contributed by atoms with van der Waals surface area (Å²) >= 11 is 0. The first-order chi connectivity index (χ1) is 17.1. The van der Waals surface area contributed by atoms with E-state index >= 15 is 0 Å². The number of aromatic nitrogens is 1. The maximum atomic E-state index is 12.5. The monoisotopic (exact) mass is 474 g/mol. The van der Waals surface area contributed by atoms with Crippen LogP contribution >= 0.6 is 0 Å². The van der Waals surface area contributed by atoms with Crippen molar-refractivity contribution in [3.63, 3.8) is 0 Å². The fourth-order valence-electron chi connectivity index (χ4n) is 3.72. The summed E-state index contributed by atoms with van der Waals surface area (Å²) in [6.45, 7) is 2.04. The number of hydrogen-bond donors (Lipinski definition) is 0. The second kappa shape index (κ2) is 11.1. The minimum atomic E-state index is -0.0786. The van der Waals surface area contributed by atoms with E-state index in [2.05, 4.69) is 11.1 Å². The van der Waals surface area contributed by atoms with Crippen molar-refractivity contribution in [1.82, 2.24) is 9.88 Å². The van der Waals surface area contributed by atoms with Crippen molar-refractivity contribution < 1.29 is 23.4 Å². The summed E-state index contributed by atoms with van der Waals surface area (Å²) in [5.41, 5.74) is 1.08. The largest absolute Gasteiger partial charge is 0.493 e. The zero-order valence-corrected chi connectivity index (χ0v) is 19.6. The van der Waals surface area contributed by atoms with E-state index in [1.807, 2.05) is 59.5 Å². The van der Waals surface area contributed by atoms with E-state index < -0.39 is 0 Å². The van der Waals surface area contributed by atoms with E-state index in [0.717, 1.165) is 5.56 Å². The molecule has 0 atom stereocenters. The zero-order valence-electron chi connectivity index (χ0n) is 19.6. The Morgan fingerprint density at radius 3 is 2.49 bits per heavy atom. The third-order valence-corrected chi connectivity index (χ3v) is 5.58. The van der Waals surface area contributed by atoms with Crippen LogP contribution in [0, 0.1) is 11.3 Å². The molecule has 1 aliphatic rings. The van der Waals surface area contributed by atoms with E-state index in [-0.39, 0.29) is 18.2 Å². The van der Waals surface area contributed by atoms with Gasteiger partial charge in [0.05, 0.1) is 14.2 Å². The topological polar surface area (TPSA) is 101 Å². The molecule has 9 nitrogen and oxygen atoms in total. The van der Waals surface area contributed by atoms with Gasteiger partial charge in [0.25, 0.3) is 5.91 Å². The highest BCUT2D eigenvalue weighted by atomic mass is 16.5. The van der Waals surface area contributed by atoms with Crippen LogP contribution in [0.3, 0.4) is 0 Å². The Kier molecular flexibility index (Phi) is 7.53. The number of hydrogen-bond acceptors (Lipinski definition) is 8. The lowest BCUT2D eigenvalue weighted by Gasteiger charge is -2.34. The Bertz CT molecular complexity index is 1220. The predicted octanol–water partition coefficient (Wildman–Crippen LogP) is 3.46. The highest BCUT2D eigenvalue weighted by Gasteiger charge is 2.26. The van der Waals surface area contributed by atoms with E-state index in [4.69, 9.17) is 18.6 Å². The van der Waals surface area contributed by atoms with Gasteiger partial charge in [-0.2, -0.15) is 10.2 Å². The van der Waals surface area contributed by atoms with Crippen molar-refractivity contribution in [2.75, 3.05) is 51.9 Å². The van der Waals surface area contributed by atoms with Gasteiger partial charge in [0.1, 0.15) is 11.8 Å². The maximum Gasteiger partial charge on any atom is 0.260 e. The molecule has 1 amide bonds. The summed E-state index contributed by atoms with van der Waals surface area (Å²) in [4.78, 5) is 20.5. The van der Waals surface area contributed by atoms with Crippen molar-refractivity contribution in [1.29, 1.82) is 5.26 Å². The molecule has 0 aliphatic carbocycles. The summed E-state index contributed by atoms with van der Waals surface area (Å²) in [6, 6.07) is 16.9. The molecule has 3 aromatic rings. The predicted molar refractivity (Wildman–Crippen MR) is 130 cm³/mol. The molecule has 4 rings (SSSR count). The number of carbonyl (C=O) groups is 1. The van der Waals surface area contributed by atoms with Crippen molar-refractivity contribution in [2.45, 2.75) is 0 Å². The molecule has 2 heterocycles. The SMILES string of the molecule is COc1ccc(/C=C/c2nc(C#N)c(N3CCN(C(=O)COc4ccccc4)CC3)o2)cc1OC. The number of rotatable bonds is 8. The van der Waals surface area contributed by atoms with Gasteiger partial charge in [0.15, 0.2) is 18.1 Å². The number of amides is 1. The van der Waals surface area contributed by atoms with Gasteiger partial charge < -0.3 is 28.4 Å². The molecule has 0 saturated carbocycles. The molecule has 0 radical (unpaired) electrons. The van der Waals surface area contributed by atoms with Crippen molar-refractivity contribution in [2.24, 2.45) is 0 Å². The molecule has 2 aromatic carbocycles. The Balaban J connectivity index is 1.37. The van der Waals surface area contributed by atoms with Crippen LogP contribution < -0.4 is 19.1 Å². The third kappa shape index (κ3) is 5.73. The summed E-state index contributed by atoms with van der Waals surface area (Å²) in [5.74, 6) is 2.56. The fraction of sp³-hybridized carbons (Fsp3) is 0.269. The molecule has 180 valence electrons. The average molecular weight is 475 g/mol. The number of para-hydroxylation sites is 1. The number of oxazole rings is 1. The van der Waals surface area contributed by atoms with Crippen molar-refractivity contribution >= 4 is 23.9 Å². The lowest BCUT2D eigenvalue weighted by Crippen LogP contribution is -2.50. The van der Waals surface area contributed by atoms with E-state index in [0.29, 0.717) is 55.2 Å². The Hall–Kier alpha value is -4.45. The van der Waals surface area contributed by atoms with E-state index in [1.165, 1.54) is 0 Å². The van der Waals surface area contributed by atoms with Gasteiger partial charge in [0.2, 0.25) is 17.5 Å². The third-order valence-electron chi connectivity index (χ3n) is 5.58. The van der Waals surface area contributed by atoms with Crippen LogP contribution in [0.5, 0.6) is 17.2 Å². The summed E-state index contributed by atoms with van der Waals surface area (Å²) < 4.78 is 22.0. The van der Waals surface area contributed by atoms with Crippen molar-refractivity contribution in [3.05, 3.63) is 65.7 Å². The maximum absolute atomic E-state index is 12.5. The quantitative estimate of drug-likeness (QED) is 0.489. The van der Waals surface area contributed by atoms with Gasteiger partial charge in [-0.1, -0.05) is 24.3 Å². The van der Waals surface area contributed by atoms with Crippen LogP contribution in [0.25, 0.3) is 12.2 Å². The Labute approximate surface area is 203 Å². The van der Waals surface area contributed by atoms with Crippen LogP contribution in [0.4, 0.5) is 5.88 Å². The smallest absolute Gasteiger partial charge is 0.260 e. The second-order valence-electron chi connectivity index (χ2n) is 7.73. The minimum Gasteiger partial charge on any atom is -0.493 e. The number of piperazine rings is 1. The molecule has 0 bridgehead atoms. The van der Waals surface area contributed by atoms with Gasteiger partial charge in [-0.3, -0.25) is 4.79 Å². The second-order valence-corrected chi connectivity index (χ2v) is 7.73. The minimum absolute atomic E-state index is 0.0130.